The molecule has 0 fully saturated rings. The van der Waals surface area contributed by atoms with E-state index in [0.717, 1.165) is 22.4 Å². The number of likely N-dealkylation sites (N-methyl/N-ethyl adjacent to an activating group) is 1. The summed E-state index contributed by atoms with van der Waals surface area (Å²) in [5.41, 5.74) is 4.01. The Morgan fingerprint density at radius 1 is 1.16 bits per heavy atom. The van der Waals surface area contributed by atoms with Crippen LogP contribution in [0.15, 0.2) is 47.6 Å². The van der Waals surface area contributed by atoms with Crippen LogP contribution in [-0.4, -0.2) is 25.3 Å². The van der Waals surface area contributed by atoms with Gasteiger partial charge in [0, 0.05) is 12.1 Å². The highest BCUT2D eigenvalue weighted by Gasteiger charge is 2.18. The van der Waals surface area contributed by atoms with Gasteiger partial charge in [-0.05, 0) is 43.5 Å². The number of benzene rings is 2. The number of aryl methyl sites for hydroxylation is 2. The molecule has 0 bridgehead atoms. The Morgan fingerprint density at radius 2 is 1.92 bits per heavy atom. The predicted octanol–water partition coefficient (Wildman–Crippen LogP) is 3.37. The Hall–Kier alpha value is -2.82. The van der Waals surface area contributed by atoms with Crippen LogP contribution in [0.2, 0.25) is 0 Å². The first kappa shape index (κ1) is 18.5. The van der Waals surface area contributed by atoms with Gasteiger partial charge in [0.05, 0.1) is 0 Å². The zero-order valence-electron chi connectivity index (χ0n) is 15.1. The molecule has 25 heavy (non-hydrogen) atoms. The van der Waals surface area contributed by atoms with E-state index in [4.69, 9.17) is 9.57 Å². The van der Waals surface area contributed by atoms with Crippen LogP contribution in [0.4, 0.5) is 0 Å². The van der Waals surface area contributed by atoms with Crippen LogP contribution < -0.4 is 10.1 Å². The summed E-state index contributed by atoms with van der Waals surface area (Å²) >= 11 is 0. The van der Waals surface area contributed by atoms with Crippen molar-refractivity contribution in [3.05, 3.63) is 64.7 Å². The minimum absolute atomic E-state index is 0.240. The number of carbonyl (C=O) groups excluding carboxylic acids is 1. The molecular formula is C20H24N2O3. The van der Waals surface area contributed by atoms with Gasteiger partial charge < -0.3 is 14.9 Å². The van der Waals surface area contributed by atoms with E-state index in [-0.39, 0.29) is 11.6 Å². The van der Waals surface area contributed by atoms with E-state index in [9.17, 15) is 4.79 Å². The van der Waals surface area contributed by atoms with Crippen molar-refractivity contribution in [3.63, 3.8) is 0 Å². The lowest BCUT2D eigenvalue weighted by Crippen LogP contribution is -2.32. The standard InChI is InChI=1S/C20H24N2O3/c1-5-21-20(23)19(22-24-4)17-9-7-6-8-16(17)13-25-18-12-14(2)10-11-15(18)3/h6-12H,5,13H2,1-4H3,(H,21,23)/b22-19+. The molecule has 0 heterocycles. The SMILES string of the molecule is CCNC(=O)/C(=N/OC)c1ccccc1COc1cc(C)ccc1C. The molecule has 0 unspecified atom stereocenters. The fourth-order valence-corrected chi connectivity index (χ4v) is 2.44. The fourth-order valence-electron chi connectivity index (χ4n) is 2.44. The van der Waals surface area contributed by atoms with Crippen molar-refractivity contribution >= 4 is 11.6 Å². The number of nitrogens with zero attached hydrogens (tertiary/aromatic N) is 1. The highest BCUT2D eigenvalue weighted by atomic mass is 16.6. The smallest absolute Gasteiger partial charge is 0.273 e. The quantitative estimate of drug-likeness (QED) is 0.621. The second kappa shape index (κ2) is 8.87. The molecule has 0 aromatic heterocycles. The number of ether oxygens (including phenoxy) is 1. The monoisotopic (exact) mass is 340 g/mol. The zero-order chi connectivity index (χ0) is 18.2. The maximum absolute atomic E-state index is 12.3. The number of carbonyl (C=O) groups is 1. The van der Waals surface area contributed by atoms with E-state index in [0.29, 0.717) is 18.7 Å². The van der Waals surface area contributed by atoms with E-state index in [1.165, 1.54) is 7.11 Å². The van der Waals surface area contributed by atoms with Gasteiger partial charge >= 0.3 is 0 Å². The molecule has 0 radical (unpaired) electrons. The third-order valence-corrected chi connectivity index (χ3v) is 3.73. The van der Waals surface area contributed by atoms with Crippen LogP contribution in [-0.2, 0) is 16.2 Å². The van der Waals surface area contributed by atoms with Crippen LogP contribution in [0.1, 0.15) is 29.2 Å². The number of nitrogens with one attached hydrogen (secondary N) is 1. The van der Waals surface area contributed by atoms with Crippen molar-refractivity contribution in [2.24, 2.45) is 5.16 Å². The van der Waals surface area contributed by atoms with Crippen LogP contribution in [0, 0.1) is 13.8 Å². The van der Waals surface area contributed by atoms with Crippen molar-refractivity contribution in [1.29, 1.82) is 0 Å². The molecule has 0 aliphatic heterocycles. The highest BCUT2D eigenvalue weighted by Crippen LogP contribution is 2.21. The van der Waals surface area contributed by atoms with Gasteiger partial charge in [0.1, 0.15) is 19.5 Å². The maximum atomic E-state index is 12.3. The third kappa shape index (κ3) is 4.83. The number of oxime groups is 1. The van der Waals surface area contributed by atoms with E-state index in [1.54, 1.807) is 0 Å². The summed E-state index contributed by atoms with van der Waals surface area (Å²) in [4.78, 5) is 17.2. The summed E-state index contributed by atoms with van der Waals surface area (Å²) in [6.45, 7) is 6.75. The molecule has 0 aliphatic rings. The van der Waals surface area contributed by atoms with E-state index in [1.807, 2.05) is 57.2 Å². The minimum atomic E-state index is -0.275. The molecule has 0 spiro atoms. The molecule has 5 heteroatoms. The van der Waals surface area contributed by atoms with E-state index < -0.39 is 0 Å². The first-order valence-corrected chi connectivity index (χ1v) is 8.24. The van der Waals surface area contributed by atoms with Gasteiger partial charge in [-0.1, -0.05) is 41.6 Å². The minimum Gasteiger partial charge on any atom is -0.489 e. The Bertz CT molecular complexity index is 769. The third-order valence-electron chi connectivity index (χ3n) is 3.73. The lowest BCUT2D eigenvalue weighted by atomic mass is 10.0. The largest absolute Gasteiger partial charge is 0.489 e. The second-order valence-electron chi connectivity index (χ2n) is 5.70. The van der Waals surface area contributed by atoms with Gasteiger partial charge in [0.2, 0.25) is 0 Å². The summed E-state index contributed by atoms with van der Waals surface area (Å²) < 4.78 is 5.98. The molecular weight excluding hydrogens is 316 g/mol. The highest BCUT2D eigenvalue weighted by molar-refractivity contribution is 6.45. The molecule has 2 aromatic rings. The van der Waals surface area contributed by atoms with Crippen molar-refractivity contribution < 1.29 is 14.4 Å². The lowest BCUT2D eigenvalue weighted by Gasteiger charge is -2.14. The van der Waals surface area contributed by atoms with Crippen molar-refractivity contribution in [2.75, 3.05) is 13.7 Å². The normalized spacial score (nSPS) is 11.1. The fraction of sp³-hybridized carbons (Fsp3) is 0.300. The van der Waals surface area contributed by atoms with Gasteiger partial charge in [-0.25, -0.2) is 0 Å². The second-order valence-corrected chi connectivity index (χ2v) is 5.70. The van der Waals surface area contributed by atoms with Gasteiger partial charge in [-0.3, -0.25) is 4.79 Å². The van der Waals surface area contributed by atoms with Crippen molar-refractivity contribution in [1.82, 2.24) is 5.32 Å². The Labute approximate surface area is 148 Å². The average molecular weight is 340 g/mol. The molecule has 0 saturated heterocycles. The number of rotatable bonds is 7. The van der Waals surface area contributed by atoms with E-state index in [2.05, 4.69) is 16.5 Å². The van der Waals surface area contributed by atoms with Crippen LogP contribution >= 0.6 is 0 Å². The molecule has 1 amide bonds. The summed E-state index contributed by atoms with van der Waals surface area (Å²) in [6, 6.07) is 13.6. The molecule has 0 saturated carbocycles. The van der Waals surface area contributed by atoms with Crippen molar-refractivity contribution in [3.8, 4) is 5.75 Å². The zero-order valence-corrected chi connectivity index (χ0v) is 15.1. The molecule has 0 aliphatic carbocycles. The molecule has 2 aromatic carbocycles. The van der Waals surface area contributed by atoms with E-state index >= 15 is 0 Å². The van der Waals surface area contributed by atoms with Crippen molar-refractivity contribution in [2.45, 2.75) is 27.4 Å². The number of amides is 1. The van der Waals surface area contributed by atoms with Gasteiger partial charge in [-0.2, -0.15) is 0 Å². The Balaban J connectivity index is 2.29. The molecule has 5 nitrogen and oxygen atoms in total. The van der Waals surface area contributed by atoms with Crippen LogP contribution in [0.25, 0.3) is 0 Å². The van der Waals surface area contributed by atoms with Gasteiger partial charge in [-0.15, -0.1) is 0 Å². The molecule has 1 N–H and O–H groups in total. The predicted molar refractivity (Wildman–Crippen MR) is 98.9 cm³/mol. The summed E-state index contributed by atoms with van der Waals surface area (Å²) in [5.74, 6) is 0.557. The first-order chi connectivity index (χ1) is 12.1. The summed E-state index contributed by atoms with van der Waals surface area (Å²) in [5, 5.41) is 6.67. The number of hydrogen-bond donors (Lipinski definition) is 1. The first-order valence-electron chi connectivity index (χ1n) is 8.24. The molecule has 0 atom stereocenters. The Morgan fingerprint density at radius 3 is 2.64 bits per heavy atom. The lowest BCUT2D eigenvalue weighted by molar-refractivity contribution is -0.114. The molecule has 132 valence electrons. The topological polar surface area (TPSA) is 59.9 Å². The average Bonchev–Trinajstić information content (AvgIpc) is 2.61. The molecule has 2 rings (SSSR count). The maximum Gasteiger partial charge on any atom is 0.273 e. The summed E-state index contributed by atoms with van der Waals surface area (Å²) in [7, 11) is 1.43. The Kier molecular flexibility index (Phi) is 6.57. The van der Waals surface area contributed by atoms with Gasteiger partial charge in [0.25, 0.3) is 5.91 Å². The van der Waals surface area contributed by atoms with Crippen LogP contribution in [0.3, 0.4) is 0 Å². The number of hydrogen-bond acceptors (Lipinski definition) is 4. The van der Waals surface area contributed by atoms with Crippen LogP contribution in [0.5, 0.6) is 5.75 Å². The van der Waals surface area contributed by atoms with Gasteiger partial charge in [0.15, 0.2) is 5.71 Å². The summed E-state index contributed by atoms with van der Waals surface area (Å²) in [6.07, 6.45) is 0.